The highest BCUT2D eigenvalue weighted by Gasteiger charge is 2.29. The molecule has 2 heterocycles. The van der Waals surface area contributed by atoms with Gasteiger partial charge < -0.3 is 25.0 Å². The topological polar surface area (TPSA) is 79.9 Å². The Hall–Kier alpha value is -2.28. The molecule has 0 bridgehead atoms. The molecule has 1 aromatic carbocycles. The fraction of sp³-hybridized carbons (Fsp3) is 0.636. The molecule has 3 fully saturated rings. The maximum atomic E-state index is 12.5. The van der Waals surface area contributed by atoms with E-state index in [1.54, 1.807) is 25.3 Å². The highest BCUT2D eigenvalue weighted by Crippen LogP contribution is 2.32. The van der Waals surface area contributed by atoms with Crippen LogP contribution < -0.4 is 20.1 Å². The van der Waals surface area contributed by atoms with Crippen molar-refractivity contribution in [2.45, 2.75) is 63.1 Å². The zero-order valence-electron chi connectivity index (χ0n) is 17.1. The molecular weight excluding hydrogens is 370 g/mol. The summed E-state index contributed by atoms with van der Waals surface area (Å²) in [6, 6.07) is 5.52. The zero-order valence-corrected chi connectivity index (χ0v) is 17.1. The second-order valence-corrected chi connectivity index (χ2v) is 8.26. The van der Waals surface area contributed by atoms with Gasteiger partial charge in [0.1, 0.15) is 12.1 Å². The molecule has 0 radical (unpaired) electrons. The van der Waals surface area contributed by atoms with Crippen LogP contribution in [0, 0.1) is 0 Å². The van der Waals surface area contributed by atoms with Crippen molar-refractivity contribution >= 4 is 11.8 Å². The first-order valence-corrected chi connectivity index (χ1v) is 10.8. The first kappa shape index (κ1) is 20.0. The van der Waals surface area contributed by atoms with Gasteiger partial charge >= 0.3 is 0 Å². The predicted octanol–water partition coefficient (Wildman–Crippen LogP) is 2.10. The van der Waals surface area contributed by atoms with Crippen LogP contribution in [0.5, 0.6) is 11.5 Å². The van der Waals surface area contributed by atoms with E-state index in [1.807, 2.05) is 0 Å². The van der Waals surface area contributed by atoms with E-state index in [2.05, 4.69) is 15.5 Å². The number of ether oxygens (including phenoxy) is 2. The molecular formula is C22H31N3O4. The monoisotopic (exact) mass is 401 g/mol. The van der Waals surface area contributed by atoms with Crippen LogP contribution in [0.1, 0.15) is 55.3 Å². The number of methoxy groups -OCH3 is 1. The lowest BCUT2D eigenvalue weighted by molar-refractivity contribution is -0.120. The molecule has 1 atom stereocenters. The van der Waals surface area contributed by atoms with Crippen LogP contribution in [0.4, 0.5) is 0 Å². The van der Waals surface area contributed by atoms with E-state index < -0.39 is 6.04 Å². The van der Waals surface area contributed by atoms with Gasteiger partial charge in [0, 0.05) is 31.2 Å². The fourth-order valence-electron chi connectivity index (χ4n) is 4.69. The van der Waals surface area contributed by atoms with Gasteiger partial charge in [0.05, 0.1) is 7.11 Å². The Kier molecular flexibility index (Phi) is 6.23. The maximum absolute atomic E-state index is 12.5. The van der Waals surface area contributed by atoms with Crippen LogP contribution in [-0.4, -0.2) is 61.6 Å². The third-order valence-corrected chi connectivity index (χ3v) is 6.39. The average molecular weight is 402 g/mol. The van der Waals surface area contributed by atoms with E-state index in [4.69, 9.17) is 9.47 Å². The predicted molar refractivity (Wildman–Crippen MR) is 109 cm³/mol. The number of piperidine rings is 1. The molecule has 2 aliphatic heterocycles. The normalized spacial score (nSPS) is 23.8. The van der Waals surface area contributed by atoms with Crippen molar-refractivity contribution in [2.24, 2.45) is 0 Å². The van der Waals surface area contributed by atoms with E-state index >= 15 is 0 Å². The lowest BCUT2D eigenvalue weighted by atomic mass is 10.0. The smallest absolute Gasteiger partial charge is 0.252 e. The summed E-state index contributed by atoms with van der Waals surface area (Å²) in [5.41, 5.74) is 0.463. The van der Waals surface area contributed by atoms with Crippen LogP contribution in [-0.2, 0) is 4.79 Å². The number of likely N-dealkylation sites (tertiary alicyclic amines) is 1. The van der Waals surface area contributed by atoms with Crippen LogP contribution in [0.3, 0.4) is 0 Å². The van der Waals surface area contributed by atoms with Gasteiger partial charge in [0.15, 0.2) is 11.5 Å². The molecule has 1 aliphatic carbocycles. The molecule has 29 heavy (non-hydrogen) atoms. The number of hydrogen-bond acceptors (Lipinski definition) is 5. The summed E-state index contributed by atoms with van der Waals surface area (Å²) < 4.78 is 11.7. The number of carbonyl (C=O) groups is 2. The van der Waals surface area contributed by atoms with Crippen LogP contribution in [0.25, 0.3) is 0 Å². The highest BCUT2D eigenvalue weighted by atomic mass is 16.5. The molecule has 158 valence electrons. The summed E-state index contributed by atoms with van der Waals surface area (Å²) in [4.78, 5) is 26.8. The Morgan fingerprint density at radius 3 is 2.52 bits per heavy atom. The molecule has 2 saturated heterocycles. The maximum Gasteiger partial charge on any atom is 0.252 e. The molecule has 7 heteroatoms. The zero-order chi connectivity index (χ0) is 20.2. The summed E-state index contributed by atoms with van der Waals surface area (Å²) in [5, 5.41) is 5.50. The summed E-state index contributed by atoms with van der Waals surface area (Å²) >= 11 is 0. The average Bonchev–Trinajstić information content (AvgIpc) is 3.41. The van der Waals surface area contributed by atoms with Crippen molar-refractivity contribution in [1.29, 1.82) is 0 Å². The Balaban J connectivity index is 1.34. The number of carbonyl (C=O) groups excluding carboxylic acids is 2. The first-order chi connectivity index (χ1) is 14.1. The van der Waals surface area contributed by atoms with Crippen molar-refractivity contribution in [2.75, 3.05) is 26.7 Å². The quantitative estimate of drug-likeness (QED) is 0.763. The largest absolute Gasteiger partial charge is 0.493 e. The van der Waals surface area contributed by atoms with Crippen LogP contribution >= 0.6 is 0 Å². The van der Waals surface area contributed by atoms with Crippen molar-refractivity contribution in [1.82, 2.24) is 15.5 Å². The van der Waals surface area contributed by atoms with E-state index in [0.29, 0.717) is 30.0 Å². The van der Waals surface area contributed by atoms with Gasteiger partial charge in [0.25, 0.3) is 5.91 Å². The van der Waals surface area contributed by atoms with Gasteiger partial charge in [-0.3, -0.25) is 9.59 Å². The molecule has 1 saturated carbocycles. The minimum Gasteiger partial charge on any atom is -0.493 e. The molecule has 0 aromatic heterocycles. The van der Waals surface area contributed by atoms with E-state index in [-0.39, 0.29) is 17.9 Å². The Morgan fingerprint density at radius 1 is 1.10 bits per heavy atom. The van der Waals surface area contributed by atoms with Gasteiger partial charge in [0.2, 0.25) is 5.91 Å². The first-order valence-electron chi connectivity index (χ1n) is 10.8. The lowest BCUT2D eigenvalue weighted by Gasteiger charge is -2.36. The number of benzene rings is 1. The molecule has 7 nitrogen and oxygen atoms in total. The summed E-state index contributed by atoms with van der Waals surface area (Å²) in [7, 11) is 1.58. The molecule has 4 rings (SSSR count). The second kappa shape index (κ2) is 9.03. The number of nitrogens with one attached hydrogen (secondary N) is 2. The van der Waals surface area contributed by atoms with Gasteiger partial charge in [-0.15, -0.1) is 0 Å². The minimum absolute atomic E-state index is 0.130. The summed E-state index contributed by atoms with van der Waals surface area (Å²) in [5.74, 6) is 0.810. The third kappa shape index (κ3) is 4.66. The number of hydrogen-bond donors (Lipinski definition) is 2. The molecule has 3 aliphatic rings. The fourth-order valence-corrected chi connectivity index (χ4v) is 4.69. The van der Waals surface area contributed by atoms with E-state index in [9.17, 15) is 9.59 Å². The molecule has 2 N–H and O–H groups in total. The Labute approximate surface area is 172 Å². The third-order valence-electron chi connectivity index (χ3n) is 6.39. The number of nitrogens with zero attached hydrogens (tertiary/aromatic N) is 1. The Bertz CT molecular complexity index is 740. The van der Waals surface area contributed by atoms with Crippen molar-refractivity contribution in [3.05, 3.63) is 23.8 Å². The van der Waals surface area contributed by atoms with Gasteiger partial charge in [-0.25, -0.2) is 0 Å². The Morgan fingerprint density at radius 2 is 1.86 bits per heavy atom. The highest BCUT2D eigenvalue weighted by molar-refractivity contribution is 5.98. The van der Waals surface area contributed by atoms with Crippen LogP contribution in [0.15, 0.2) is 18.2 Å². The second-order valence-electron chi connectivity index (χ2n) is 8.26. The van der Waals surface area contributed by atoms with Gasteiger partial charge in [-0.2, -0.15) is 0 Å². The lowest BCUT2D eigenvalue weighted by Crippen LogP contribution is -2.43. The molecule has 0 spiro atoms. The number of rotatable bonds is 6. The molecule has 1 aromatic rings. The van der Waals surface area contributed by atoms with E-state index in [0.717, 1.165) is 32.0 Å². The summed E-state index contributed by atoms with van der Waals surface area (Å²) in [6.07, 6.45) is 8.22. The standard InChI is InChI=1S/C22H31N3O4/c1-28-20-14-15(21(26)24-18-8-11-23-22(18)27)6-7-19(20)29-17-9-12-25(13-10-17)16-4-2-3-5-16/h6-7,14,16-18H,2-5,8-13H2,1H3,(H,23,27)(H,24,26). The summed E-state index contributed by atoms with van der Waals surface area (Å²) in [6.45, 7) is 2.77. The van der Waals surface area contributed by atoms with E-state index in [1.165, 1.54) is 25.7 Å². The van der Waals surface area contributed by atoms with Crippen LogP contribution in [0.2, 0.25) is 0 Å². The van der Waals surface area contributed by atoms with Crippen molar-refractivity contribution in [3.63, 3.8) is 0 Å². The van der Waals surface area contributed by atoms with Crippen molar-refractivity contribution in [3.8, 4) is 11.5 Å². The number of amides is 2. The SMILES string of the molecule is COc1cc(C(=O)NC2CCNC2=O)ccc1OC1CCN(C2CCCC2)CC1. The van der Waals surface area contributed by atoms with Gasteiger partial charge in [-0.05, 0) is 50.3 Å². The molecule has 2 amide bonds. The van der Waals surface area contributed by atoms with Crippen molar-refractivity contribution < 1.29 is 19.1 Å². The molecule has 1 unspecified atom stereocenters. The van der Waals surface area contributed by atoms with Gasteiger partial charge in [-0.1, -0.05) is 12.8 Å². The minimum atomic E-state index is -0.463.